The van der Waals surface area contributed by atoms with E-state index in [2.05, 4.69) is 41.3 Å². The molecule has 148 valence electrons. The number of benzene rings is 3. The number of hydrogen-bond donors (Lipinski definition) is 1. The molecule has 2 nitrogen and oxygen atoms in total. The number of rotatable bonds is 5. The molecule has 3 aromatic rings. The Kier molecular flexibility index (Phi) is 6.69. The Balaban J connectivity index is 2.11. The van der Waals surface area contributed by atoms with Crippen molar-refractivity contribution >= 4 is 21.8 Å². The van der Waals surface area contributed by atoms with Gasteiger partial charge in [-0.25, -0.2) is 8.93 Å². The van der Waals surface area contributed by atoms with Crippen LogP contribution in [-0.4, -0.2) is 8.96 Å². The minimum Gasteiger partial charge on any atom is -0.242 e. The lowest BCUT2D eigenvalue weighted by molar-refractivity contribution is 0.603. The van der Waals surface area contributed by atoms with Gasteiger partial charge in [0.05, 0.1) is 15.7 Å². The first-order chi connectivity index (χ1) is 13.9. The largest absolute Gasteiger partial charge is 0.242 e. The zero-order chi connectivity index (χ0) is 20.9. The summed E-state index contributed by atoms with van der Waals surface area (Å²) in [5.41, 5.74) is 3.05. The fourth-order valence-electron chi connectivity index (χ4n) is 3.14. The van der Waals surface area contributed by atoms with Crippen LogP contribution in [0.5, 0.6) is 0 Å². The number of fused-ring (bicyclic) bond motifs is 1. The van der Waals surface area contributed by atoms with Crippen LogP contribution in [0.4, 0.5) is 0 Å². The van der Waals surface area contributed by atoms with Crippen molar-refractivity contribution in [1.82, 2.24) is 4.72 Å². The van der Waals surface area contributed by atoms with Crippen LogP contribution in [0.1, 0.15) is 49.9 Å². The molecule has 29 heavy (non-hydrogen) atoms. The molecule has 1 unspecified atom stereocenters. The van der Waals surface area contributed by atoms with E-state index in [9.17, 15) is 4.21 Å². The molecule has 0 heterocycles. The molecule has 0 spiro atoms. The highest BCUT2D eigenvalue weighted by Crippen LogP contribution is 2.30. The topological polar surface area (TPSA) is 29.1 Å². The Morgan fingerprint density at radius 3 is 2.34 bits per heavy atom. The van der Waals surface area contributed by atoms with Gasteiger partial charge in [-0.1, -0.05) is 66.4 Å². The molecular weight excluding hydrogens is 374 g/mol. The Bertz CT molecular complexity index is 1080. The van der Waals surface area contributed by atoms with E-state index < -0.39 is 11.0 Å². The van der Waals surface area contributed by atoms with Gasteiger partial charge in [0, 0.05) is 22.6 Å². The summed E-state index contributed by atoms with van der Waals surface area (Å²) in [4.78, 5) is 0. The van der Waals surface area contributed by atoms with Crippen molar-refractivity contribution in [3.8, 4) is 11.8 Å². The summed E-state index contributed by atoms with van der Waals surface area (Å²) in [7, 11) is -1.19. The summed E-state index contributed by atoms with van der Waals surface area (Å²) in [5, 5.41) is 2.23. The van der Waals surface area contributed by atoms with Gasteiger partial charge in [-0.15, -0.1) is 6.58 Å². The Labute approximate surface area is 176 Å². The summed E-state index contributed by atoms with van der Waals surface area (Å²) < 4.78 is 15.8. The van der Waals surface area contributed by atoms with Crippen LogP contribution < -0.4 is 4.72 Å². The highest BCUT2D eigenvalue weighted by atomic mass is 32.2. The predicted molar refractivity (Wildman–Crippen MR) is 125 cm³/mol. The molecule has 0 aliphatic rings. The first-order valence-corrected chi connectivity index (χ1v) is 10.9. The molecular formula is C26H27NOS. The lowest BCUT2D eigenvalue weighted by atomic mass is 9.94. The van der Waals surface area contributed by atoms with Crippen molar-refractivity contribution in [3.63, 3.8) is 0 Å². The zero-order valence-corrected chi connectivity index (χ0v) is 18.1. The molecule has 0 aliphatic carbocycles. The van der Waals surface area contributed by atoms with Crippen LogP contribution in [0.15, 0.2) is 79.4 Å². The SMILES string of the molecule is C=CC[C@H](NS(=O)C(C)(C)C)c1cccc2cccc(C#Cc3ccccc3)c12. The third kappa shape index (κ3) is 5.23. The van der Waals surface area contributed by atoms with Gasteiger partial charge in [-0.3, -0.25) is 0 Å². The van der Waals surface area contributed by atoms with Gasteiger partial charge in [0.1, 0.15) is 0 Å². The molecule has 0 radical (unpaired) electrons. The van der Waals surface area contributed by atoms with Gasteiger partial charge >= 0.3 is 0 Å². The van der Waals surface area contributed by atoms with E-state index in [-0.39, 0.29) is 10.8 Å². The monoisotopic (exact) mass is 401 g/mol. The van der Waals surface area contributed by atoms with Crippen molar-refractivity contribution in [1.29, 1.82) is 0 Å². The highest BCUT2D eigenvalue weighted by molar-refractivity contribution is 7.84. The lowest BCUT2D eigenvalue weighted by Gasteiger charge is -2.25. The van der Waals surface area contributed by atoms with Gasteiger partial charge < -0.3 is 0 Å². The van der Waals surface area contributed by atoms with E-state index in [0.717, 1.165) is 27.5 Å². The minimum absolute atomic E-state index is 0.101. The van der Waals surface area contributed by atoms with Crippen LogP contribution >= 0.6 is 0 Å². The third-order valence-corrected chi connectivity index (χ3v) is 6.25. The van der Waals surface area contributed by atoms with E-state index in [0.29, 0.717) is 6.42 Å². The molecule has 2 atom stereocenters. The second kappa shape index (κ2) is 9.22. The second-order valence-corrected chi connectivity index (χ2v) is 9.94. The molecule has 0 aromatic heterocycles. The van der Waals surface area contributed by atoms with Crippen LogP contribution in [-0.2, 0) is 11.0 Å². The average molecular weight is 402 g/mol. The molecule has 0 fully saturated rings. The van der Waals surface area contributed by atoms with E-state index >= 15 is 0 Å². The van der Waals surface area contributed by atoms with Crippen LogP contribution in [0, 0.1) is 11.8 Å². The van der Waals surface area contributed by atoms with Gasteiger partial charge in [0.2, 0.25) is 0 Å². The summed E-state index contributed by atoms with van der Waals surface area (Å²) in [6.07, 6.45) is 2.55. The summed E-state index contributed by atoms with van der Waals surface area (Å²) >= 11 is 0. The Morgan fingerprint density at radius 2 is 1.69 bits per heavy atom. The average Bonchev–Trinajstić information content (AvgIpc) is 2.71. The molecule has 0 aliphatic heterocycles. The van der Waals surface area contributed by atoms with Crippen LogP contribution in [0.25, 0.3) is 10.8 Å². The summed E-state index contributed by atoms with van der Waals surface area (Å²) in [5.74, 6) is 6.61. The van der Waals surface area contributed by atoms with Crippen molar-refractivity contribution in [2.75, 3.05) is 0 Å². The standard InChI is InChI=1S/C26H27NOS/c1-5-11-24(27-29(28)26(2,3)4)23-17-10-16-21-14-9-15-22(25(21)23)19-18-20-12-7-6-8-13-20/h5-10,12-17,24,27H,1,11H2,2-4H3/t24-,29?/m0/s1. The zero-order valence-electron chi connectivity index (χ0n) is 17.2. The lowest BCUT2D eigenvalue weighted by Crippen LogP contribution is -2.35. The van der Waals surface area contributed by atoms with E-state index in [1.54, 1.807) is 0 Å². The normalized spacial score (nSPS) is 13.3. The smallest absolute Gasteiger partial charge is 0.0976 e. The second-order valence-electron chi connectivity index (χ2n) is 7.94. The third-order valence-electron chi connectivity index (χ3n) is 4.64. The van der Waals surface area contributed by atoms with Gasteiger partial charge in [0.25, 0.3) is 0 Å². The quantitative estimate of drug-likeness (QED) is 0.418. The van der Waals surface area contributed by atoms with Gasteiger partial charge in [-0.2, -0.15) is 0 Å². The fourth-order valence-corrected chi connectivity index (χ4v) is 3.97. The van der Waals surface area contributed by atoms with Crippen molar-refractivity contribution in [3.05, 3.63) is 96.1 Å². The summed E-state index contributed by atoms with van der Waals surface area (Å²) in [6.45, 7) is 9.83. The molecule has 0 bridgehead atoms. The maximum absolute atomic E-state index is 12.8. The minimum atomic E-state index is -1.19. The highest BCUT2D eigenvalue weighted by Gasteiger charge is 2.24. The first-order valence-electron chi connectivity index (χ1n) is 9.78. The van der Waals surface area contributed by atoms with Gasteiger partial charge in [-0.05, 0) is 56.3 Å². The molecule has 3 rings (SSSR count). The maximum atomic E-state index is 12.8. The predicted octanol–water partition coefficient (Wildman–Crippen LogP) is 5.91. The van der Waals surface area contributed by atoms with Crippen molar-refractivity contribution in [2.24, 2.45) is 0 Å². The molecule has 1 N–H and O–H groups in total. The van der Waals surface area contributed by atoms with E-state index in [1.165, 1.54) is 0 Å². The van der Waals surface area contributed by atoms with E-state index in [4.69, 9.17) is 0 Å². The molecule has 3 aromatic carbocycles. The van der Waals surface area contributed by atoms with Crippen molar-refractivity contribution < 1.29 is 4.21 Å². The molecule has 0 saturated heterocycles. The molecule has 0 amide bonds. The fraction of sp³-hybridized carbons (Fsp3) is 0.231. The van der Waals surface area contributed by atoms with Crippen molar-refractivity contribution in [2.45, 2.75) is 38.0 Å². The molecule has 0 saturated carbocycles. The Hall–Kier alpha value is -2.67. The number of nitrogens with one attached hydrogen (secondary N) is 1. The summed E-state index contributed by atoms with van der Waals surface area (Å²) in [6, 6.07) is 22.3. The van der Waals surface area contributed by atoms with Crippen LogP contribution in [0.3, 0.4) is 0 Å². The maximum Gasteiger partial charge on any atom is 0.0976 e. The van der Waals surface area contributed by atoms with Crippen LogP contribution in [0.2, 0.25) is 0 Å². The van der Waals surface area contributed by atoms with E-state index in [1.807, 2.05) is 75.4 Å². The number of hydrogen-bond acceptors (Lipinski definition) is 1. The first kappa shape index (κ1) is 21.0. The molecule has 3 heteroatoms. The Morgan fingerprint density at radius 1 is 1.00 bits per heavy atom. The van der Waals surface area contributed by atoms with Gasteiger partial charge in [0.15, 0.2) is 0 Å².